The molecule has 0 atom stereocenters. The first-order valence-corrected chi connectivity index (χ1v) is 20.6. The number of hydrogen-bond acceptors (Lipinski definition) is 2. The van der Waals surface area contributed by atoms with Crippen LogP contribution in [0, 0.1) is 0 Å². The summed E-state index contributed by atoms with van der Waals surface area (Å²) in [6.45, 7) is 4.72. The van der Waals surface area contributed by atoms with Crippen LogP contribution < -0.4 is 4.90 Å². The van der Waals surface area contributed by atoms with Crippen LogP contribution >= 0.6 is 11.3 Å². The molecule has 1 nitrogen and oxygen atoms in total. The van der Waals surface area contributed by atoms with E-state index in [0.29, 0.717) is 0 Å². The Balaban J connectivity index is 1.13. The molecule has 1 aliphatic rings. The minimum absolute atomic E-state index is 0.0907. The smallest absolute Gasteiger partial charge is 0.0540 e. The van der Waals surface area contributed by atoms with Gasteiger partial charge in [0, 0.05) is 42.5 Å². The molecule has 270 valence electrons. The van der Waals surface area contributed by atoms with Gasteiger partial charge in [-0.05, 0) is 109 Å². The van der Waals surface area contributed by atoms with Crippen molar-refractivity contribution in [3.63, 3.8) is 0 Å². The molecule has 9 aromatic carbocycles. The predicted octanol–water partition coefficient (Wildman–Crippen LogP) is 16.0. The van der Waals surface area contributed by atoms with Gasteiger partial charge in [0.1, 0.15) is 0 Å². The van der Waals surface area contributed by atoms with Crippen LogP contribution in [0.25, 0.3) is 75.5 Å². The van der Waals surface area contributed by atoms with E-state index in [9.17, 15) is 0 Å². The Kier molecular flexibility index (Phi) is 7.77. The quantitative estimate of drug-likeness (QED) is 0.164. The van der Waals surface area contributed by atoms with Crippen molar-refractivity contribution in [2.24, 2.45) is 0 Å². The summed E-state index contributed by atoms with van der Waals surface area (Å²) in [6.07, 6.45) is 0. The molecule has 2 heteroatoms. The number of hydrogen-bond donors (Lipinski definition) is 0. The van der Waals surface area contributed by atoms with Crippen LogP contribution in [0.4, 0.5) is 17.1 Å². The molecule has 0 radical (unpaired) electrons. The summed E-state index contributed by atoms with van der Waals surface area (Å²) in [4.78, 5) is 2.47. The van der Waals surface area contributed by atoms with Crippen molar-refractivity contribution in [3.05, 3.63) is 211 Å². The van der Waals surface area contributed by atoms with Crippen LogP contribution in [0.3, 0.4) is 0 Å². The minimum atomic E-state index is -0.0907. The molecule has 1 aromatic heterocycles. The summed E-state index contributed by atoms with van der Waals surface area (Å²) in [5, 5.41) is 5.12. The van der Waals surface area contributed by atoms with E-state index in [1.807, 2.05) is 11.3 Å². The first-order valence-electron chi connectivity index (χ1n) is 19.8. The highest BCUT2D eigenvalue weighted by molar-refractivity contribution is 7.25. The standard InChI is InChI=1S/C55H39NS/c1-55(2)49-27-8-5-24-47(49)54-46(26-14-28-50(54)55)44-22-6-9-29-51(44)56(41-20-12-18-39(34-41)43-25-13-16-36-15-3-4-21-42(36)43)40-19-11-17-37(33-40)38-31-32-53-48(35-38)45-23-7-10-30-52(45)57-53/h3-35H,1-2H3. The Bertz CT molecular complexity index is 3180. The van der Waals surface area contributed by atoms with Gasteiger partial charge in [0.2, 0.25) is 0 Å². The highest BCUT2D eigenvalue weighted by Crippen LogP contribution is 2.54. The molecule has 11 rings (SSSR count). The van der Waals surface area contributed by atoms with Crippen molar-refractivity contribution in [2.75, 3.05) is 4.90 Å². The van der Waals surface area contributed by atoms with E-state index in [1.54, 1.807) is 0 Å². The molecular formula is C55H39NS. The van der Waals surface area contributed by atoms with Crippen molar-refractivity contribution in [1.29, 1.82) is 0 Å². The second kappa shape index (κ2) is 13.2. The zero-order valence-electron chi connectivity index (χ0n) is 31.9. The Labute approximate surface area is 337 Å². The molecule has 0 spiro atoms. The monoisotopic (exact) mass is 745 g/mol. The van der Waals surface area contributed by atoms with Gasteiger partial charge >= 0.3 is 0 Å². The topological polar surface area (TPSA) is 3.24 Å². The second-order valence-corrected chi connectivity index (χ2v) is 16.8. The number of benzene rings is 9. The van der Waals surface area contributed by atoms with E-state index in [1.165, 1.54) is 86.6 Å². The van der Waals surface area contributed by atoms with E-state index >= 15 is 0 Å². The van der Waals surface area contributed by atoms with Gasteiger partial charge in [-0.1, -0.05) is 166 Å². The Morgan fingerprint density at radius 3 is 1.84 bits per heavy atom. The maximum absolute atomic E-state index is 2.47. The van der Waals surface area contributed by atoms with Gasteiger partial charge < -0.3 is 4.90 Å². The highest BCUT2D eigenvalue weighted by Gasteiger charge is 2.37. The van der Waals surface area contributed by atoms with E-state index in [0.717, 1.165) is 17.1 Å². The van der Waals surface area contributed by atoms with Crippen LogP contribution in [0.2, 0.25) is 0 Å². The number of thiophene rings is 1. The fourth-order valence-electron chi connectivity index (χ4n) is 9.32. The van der Waals surface area contributed by atoms with Crippen LogP contribution in [0.5, 0.6) is 0 Å². The van der Waals surface area contributed by atoms with Crippen molar-refractivity contribution in [3.8, 4) is 44.5 Å². The fourth-order valence-corrected chi connectivity index (χ4v) is 10.4. The Hall–Kier alpha value is -6.74. The minimum Gasteiger partial charge on any atom is -0.310 e. The van der Waals surface area contributed by atoms with Crippen LogP contribution in [0.15, 0.2) is 200 Å². The zero-order chi connectivity index (χ0) is 38.1. The third-order valence-electron chi connectivity index (χ3n) is 12.1. The summed E-state index contributed by atoms with van der Waals surface area (Å²) in [5.41, 5.74) is 16.0. The van der Waals surface area contributed by atoms with Crippen molar-refractivity contribution >= 4 is 59.3 Å². The molecule has 1 aliphatic carbocycles. The van der Waals surface area contributed by atoms with Crippen LogP contribution in [-0.2, 0) is 5.41 Å². The lowest BCUT2D eigenvalue weighted by molar-refractivity contribution is 0.660. The van der Waals surface area contributed by atoms with E-state index < -0.39 is 0 Å². The lowest BCUT2D eigenvalue weighted by Gasteiger charge is -2.29. The molecule has 0 saturated heterocycles. The molecule has 0 saturated carbocycles. The van der Waals surface area contributed by atoms with E-state index in [4.69, 9.17) is 0 Å². The van der Waals surface area contributed by atoms with E-state index in [2.05, 4.69) is 219 Å². The molecule has 0 N–H and O–H groups in total. The van der Waals surface area contributed by atoms with Crippen molar-refractivity contribution in [2.45, 2.75) is 19.3 Å². The van der Waals surface area contributed by atoms with Gasteiger partial charge in [-0.15, -0.1) is 11.3 Å². The lowest BCUT2D eigenvalue weighted by Crippen LogP contribution is -2.15. The SMILES string of the molecule is CC1(C)c2ccccc2-c2c(-c3ccccc3N(c3cccc(-c4ccc5sc6ccccc6c5c4)c3)c3cccc(-c4cccc5ccccc45)c3)cccc21. The third-order valence-corrected chi connectivity index (χ3v) is 13.2. The van der Waals surface area contributed by atoms with Gasteiger partial charge in [0.15, 0.2) is 0 Å². The molecule has 0 unspecified atom stereocenters. The summed E-state index contributed by atoms with van der Waals surface area (Å²) < 4.78 is 2.64. The summed E-state index contributed by atoms with van der Waals surface area (Å²) in [7, 11) is 0. The van der Waals surface area contributed by atoms with Crippen molar-refractivity contribution < 1.29 is 0 Å². The van der Waals surface area contributed by atoms with E-state index in [-0.39, 0.29) is 5.41 Å². The summed E-state index contributed by atoms with van der Waals surface area (Å²) in [5.74, 6) is 0. The normalized spacial score (nSPS) is 12.9. The number of nitrogens with zero attached hydrogens (tertiary/aromatic N) is 1. The summed E-state index contributed by atoms with van der Waals surface area (Å²) in [6, 6.07) is 74.0. The molecule has 0 fully saturated rings. The van der Waals surface area contributed by atoms with Crippen LogP contribution in [-0.4, -0.2) is 0 Å². The second-order valence-electron chi connectivity index (χ2n) is 15.7. The molecule has 0 bridgehead atoms. The van der Waals surface area contributed by atoms with Gasteiger partial charge in [-0.25, -0.2) is 0 Å². The average Bonchev–Trinajstić information content (AvgIpc) is 3.75. The lowest BCUT2D eigenvalue weighted by atomic mass is 9.82. The van der Waals surface area contributed by atoms with Crippen LogP contribution in [0.1, 0.15) is 25.0 Å². The molecule has 0 amide bonds. The van der Waals surface area contributed by atoms with Gasteiger partial charge in [0.05, 0.1) is 5.69 Å². The first-order chi connectivity index (χ1) is 28.0. The Morgan fingerprint density at radius 1 is 0.386 bits per heavy atom. The summed E-state index contributed by atoms with van der Waals surface area (Å²) >= 11 is 1.86. The van der Waals surface area contributed by atoms with Gasteiger partial charge in [-0.3, -0.25) is 0 Å². The number of anilines is 3. The molecule has 0 aliphatic heterocycles. The number of rotatable bonds is 6. The molecule has 10 aromatic rings. The average molecular weight is 746 g/mol. The zero-order valence-corrected chi connectivity index (χ0v) is 32.7. The van der Waals surface area contributed by atoms with Gasteiger partial charge in [0.25, 0.3) is 0 Å². The third kappa shape index (κ3) is 5.44. The van der Waals surface area contributed by atoms with Gasteiger partial charge in [-0.2, -0.15) is 0 Å². The maximum atomic E-state index is 2.47. The number of fused-ring (bicyclic) bond motifs is 7. The molecular weight excluding hydrogens is 707 g/mol. The molecule has 57 heavy (non-hydrogen) atoms. The highest BCUT2D eigenvalue weighted by atomic mass is 32.1. The number of para-hydroxylation sites is 1. The fraction of sp³-hybridized carbons (Fsp3) is 0.0545. The predicted molar refractivity (Wildman–Crippen MR) is 245 cm³/mol. The first kappa shape index (κ1) is 33.6. The molecule has 1 heterocycles. The van der Waals surface area contributed by atoms with Crippen molar-refractivity contribution in [1.82, 2.24) is 0 Å². The Morgan fingerprint density at radius 2 is 0.965 bits per heavy atom. The maximum Gasteiger partial charge on any atom is 0.0540 e. The largest absolute Gasteiger partial charge is 0.310 e.